The Bertz CT molecular complexity index is 99.8. The zero-order valence-corrected chi connectivity index (χ0v) is 4.32. The topological polar surface area (TPSA) is 49.7 Å². The van der Waals surface area contributed by atoms with Crippen LogP contribution in [0.1, 0.15) is 0 Å². The Morgan fingerprint density at radius 3 is 2.50 bits per heavy atom. The van der Waals surface area contributed by atoms with Gasteiger partial charge in [-0.3, -0.25) is 0 Å². The van der Waals surface area contributed by atoms with Crippen molar-refractivity contribution in [3.8, 4) is 0 Å². The number of rotatable bonds is 1. The molecule has 1 heterocycles. The standard InChI is InChI=1S/C5H8O3/c6-3-4-1-2-5(7)8-4/h1-2,4-7H,3H2/t4-,5-/m0/s1. The smallest absolute Gasteiger partial charge is 0.175 e. The molecule has 0 saturated heterocycles. The van der Waals surface area contributed by atoms with Crippen LogP contribution in [-0.2, 0) is 4.74 Å². The van der Waals surface area contributed by atoms with Gasteiger partial charge in [0.2, 0.25) is 0 Å². The molecule has 0 spiro atoms. The molecule has 0 aliphatic carbocycles. The van der Waals surface area contributed by atoms with E-state index in [0.29, 0.717) is 0 Å². The van der Waals surface area contributed by atoms with Gasteiger partial charge in [0, 0.05) is 0 Å². The van der Waals surface area contributed by atoms with Crippen molar-refractivity contribution in [2.75, 3.05) is 6.61 Å². The molecule has 1 rings (SSSR count). The maximum absolute atomic E-state index is 8.61. The molecule has 1 aliphatic rings. The fourth-order valence-corrected chi connectivity index (χ4v) is 0.593. The molecule has 0 radical (unpaired) electrons. The first-order valence-electron chi connectivity index (χ1n) is 2.45. The van der Waals surface area contributed by atoms with Gasteiger partial charge >= 0.3 is 0 Å². The van der Waals surface area contributed by atoms with E-state index in [0.717, 1.165) is 0 Å². The highest BCUT2D eigenvalue weighted by Gasteiger charge is 2.14. The Balaban J connectivity index is 2.34. The molecule has 46 valence electrons. The van der Waals surface area contributed by atoms with Gasteiger partial charge in [-0.1, -0.05) is 6.08 Å². The fourth-order valence-electron chi connectivity index (χ4n) is 0.593. The zero-order valence-electron chi connectivity index (χ0n) is 4.32. The van der Waals surface area contributed by atoms with Crippen molar-refractivity contribution in [3.63, 3.8) is 0 Å². The minimum Gasteiger partial charge on any atom is -0.393 e. The van der Waals surface area contributed by atoms with E-state index in [2.05, 4.69) is 0 Å². The molecular weight excluding hydrogens is 108 g/mol. The summed E-state index contributed by atoms with van der Waals surface area (Å²) in [4.78, 5) is 0. The van der Waals surface area contributed by atoms with E-state index in [1.165, 1.54) is 6.08 Å². The van der Waals surface area contributed by atoms with E-state index in [1.807, 2.05) is 0 Å². The lowest BCUT2D eigenvalue weighted by Crippen LogP contribution is -2.14. The van der Waals surface area contributed by atoms with Crippen molar-refractivity contribution in [3.05, 3.63) is 12.2 Å². The lowest BCUT2D eigenvalue weighted by atomic mass is 10.4. The van der Waals surface area contributed by atoms with Gasteiger partial charge in [-0.2, -0.15) is 0 Å². The maximum atomic E-state index is 8.61. The quantitative estimate of drug-likeness (QED) is 0.443. The first-order valence-corrected chi connectivity index (χ1v) is 2.45. The zero-order chi connectivity index (χ0) is 5.98. The third-order valence-corrected chi connectivity index (χ3v) is 0.985. The van der Waals surface area contributed by atoms with Gasteiger partial charge in [0.25, 0.3) is 0 Å². The van der Waals surface area contributed by atoms with Crippen molar-refractivity contribution in [2.24, 2.45) is 0 Å². The Morgan fingerprint density at radius 1 is 1.50 bits per heavy atom. The fraction of sp³-hybridized carbons (Fsp3) is 0.600. The molecule has 0 aromatic carbocycles. The summed E-state index contributed by atoms with van der Waals surface area (Å²) in [6.45, 7) is -0.0619. The average Bonchev–Trinajstić information content (AvgIpc) is 2.14. The predicted octanol–water partition coefficient (Wildman–Crippen LogP) is -0.748. The highest BCUT2D eigenvalue weighted by molar-refractivity contribution is 4.97. The normalized spacial score (nSPS) is 36.2. The molecule has 8 heavy (non-hydrogen) atoms. The molecule has 3 heteroatoms. The van der Waals surface area contributed by atoms with Crippen LogP contribution in [0.5, 0.6) is 0 Å². The lowest BCUT2D eigenvalue weighted by molar-refractivity contribution is -0.0857. The first-order chi connectivity index (χ1) is 3.83. The van der Waals surface area contributed by atoms with Crippen LogP contribution in [0, 0.1) is 0 Å². The summed E-state index contributed by atoms with van der Waals surface area (Å²) >= 11 is 0. The summed E-state index contributed by atoms with van der Waals surface area (Å²) in [6.07, 6.45) is 2.02. The summed E-state index contributed by atoms with van der Waals surface area (Å²) in [5.74, 6) is 0. The predicted molar refractivity (Wildman–Crippen MR) is 27.1 cm³/mol. The second-order valence-electron chi connectivity index (χ2n) is 1.63. The van der Waals surface area contributed by atoms with Crippen molar-refractivity contribution in [1.29, 1.82) is 0 Å². The second-order valence-corrected chi connectivity index (χ2v) is 1.63. The van der Waals surface area contributed by atoms with Gasteiger partial charge in [-0.05, 0) is 6.08 Å². The van der Waals surface area contributed by atoms with Gasteiger partial charge < -0.3 is 14.9 Å². The van der Waals surface area contributed by atoms with Crippen molar-refractivity contribution in [2.45, 2.75) is 12.4 Å². The lowest BCUT2D eigenvalue weighted by Gasteiger charge is -2.04. The van der Waals surface area contributed by atoms with Crippen LogP contribution in [0.3, 0.4) is 0 Å². The van der Waals surface area contributed by atoms with Crippen LogP contribution in [0.15, 0.2) is 12.2 Å². The van der Waals surface area contributed by atoms with Gasteiger partial charge in [0.15, 0.2) is 6.29 Å². The van der Waals surface area contributed by atoms with Crippen LogP contribution in [0.25, 0.3) is 0 Å². The number of aliphatic hydroxyl groups is 2. The molecule has 0 amide bonds. The largest absolute Gasteiger partial charge is 0.393 e. The Labute approximate surface area is 47.2 Å². The highest BCUT2D eigenvalue weighted by Crippen LogP contribution is 2.06. The molecule has 2 atom stereocenters. The van der Waals surface area contributed by atoms with E-state index >= 15 is 0 Å². The second kappa shape index (κ2) is 2.26. The van der Waals surface area contributed by atoms with Gasteiger partial charge in [0.05, 0.1) is 6.61 Å². The van der Waals surface area contributed by atoms with E-state index in [1.54, 1.807) is 6.08 Å². The minimum atomic E-state index is -0.813. The number of ether oxygens (including phenoxy) is 1. The van der Waals surface area contributed by atoms with Crippen LogP contribution in [0.4, 0.5) is 0 Å². The molecule has 2 N–H and O–H groups in total. The monoisotopic (exact) mass is 116 g/mol. The number of hydrogen-bond acceptors (Lipinski definition) is 3. The Morgan fingerprint density at radius 2 is 2.25 bits per heavy atom. The van der Waals surface area contributed by atoms with Crippen LogP contribution in [0.2, 0.25) is 0 Å². The summed E-state index contributed by atoms with van der Waals surface area (Å²) in [5, 5.41) is 17.0. The molecule has 0 bridgehead atoms. The number of aliphatic hydroxyl groups excluding tert-OH is 2. The SMILES string of the molecule is OC[C@@H]1C=C[C@@H](O)O1. The molecular formula is C5H8O3. The molecule has 0 aromatic rings. The van der Waals surface area contributed by atoms with Crippen molar-refractivity contribution in [1.82, 2.24) is 0 Å². The van der Waals surface area contributed by atoms with E-state index in [4.69, 9.17) is 14.9 Å². The van der Waals surface area contributed by atoms with Crippen molar-refractivity contribution >= 4 is 0 Å². The van der Waals surface area contributed by atoms with Gasteiger partial charge in [-0.25, -0.2) is 0 Å². The van der Waals surface area contributed by atoms with Crippen LogP contribution < -0.4 is 0 Å². The summed E-state index contributed by atoms with van der Waals surface area (Å²) in [7, 11) is 0. The summed E-state index contributed by atoms with van der Waals surface area (Å²) < 4.78 is 4.70. The van der Waals surface area contributed by atoms with E-state index in [-0.39, 0.29) is 12.7 Å². The molecule has 1 aliphatic heterocycles. The molecule has 0 unspecified atom stereocenters. The highest BCUT2D eigenvalue weighted by atomic mass is 16.6. The summed E-state index contributed by atoms with van der Waals surface area (Å²) in [6, 6.07) is 0. The first kappa shape index (κ1) is 5.75. The van der Waals surface area contributed by atoms with E-state index in [9.17, 15) is 0 Å². The summed E-state index contributed by atoms with van der Waals surface area (Å²) in [5.41, 5.74) is 0. The molecule has 3 nitrogen and oxygen atoms in total. The molecule has 0 fully saturated rings. The molecule has 0 saturated carbocycles. The Kier molecular flexibility index (Phi) is 1.62. The van der Waals surface area contributed by atoms with Gasteiger partial charge in [-0.15, -0.1) is 0 Å². The maximum Gasteiger partial charge on any atom is 0.175 e. The van der Waals surface area contributed by atoms with E-state index < -0.39 is 6.29 Å². The van der Waals surface area contributed by atoms with Crippen LogP contribution >= 0.6 is 0 Å². The average molecular weight is 116 g/mol. The third-order valence-electron chi connectivity index (χ3n) is 0.985. The number of hydrogen-bond donors (Lipinski definition) is 2. The molecule has 0 aromatic heterocycles. The minimum absolute atomic E-state index is 0.0619. The van der Waals surface area contributed by atoms with Crippen molar-refractivity contribution < 1.29 is 14.9 Å². The third kappa shape index (κ3) is 1.06. The van der Waals surface area contributed by atoms with Gasteiger partial charge in [0.1, 0.15) is 6.10 Å². The van der Waals surface area contributed by atoms with Crippen LogP contribution in [-0.4, -0.2) is 29.2 Å². The Hall–Kier alpha value is -0.380.